The summed E-state index contributed by atoms with van der Waals surface area (Å²) in [5, 5.41) is 14.6. The number of aliphatic hydroxyl groups is 1. The highest BCUT2D eigenvalue weighted by Crippen LogP contribution is 2.33. The Balaban J connectivity index is 1.59. The Morgan fingerprint density at radius 1 is 1.39 bits per heavy atom. The number of hydrogen-bond acceptors (Lipinski definition) is 5. The zero-order valence-corrected chi connectivity index (χ0v) is 14.1. The van der Waals surface area contributed by atoms with E-state index >= 15 is 0 Å². The minimum atomic E-state index is -0.605. The topological polar surface area (TPSA) is 57.6 Å². The number of piperidine rings is 2. The van der Waals surface area contributed by atoms with Gasteiger partial charge in [0.25, 0.3) is 0 Å². The number of fused-ring (bicyclic) bond motifs is 1. The van der Waals surface area contributed by atoms with Gasteiger partial charge in [0.15, 0.2) is 0 Å². The fourth-order valence-corrected chi connectivity index (χ4v) is 4.07. The molecular weight excluding hydrogens is 290 g/mol. The molecule has 128 valence electrons. The Hall–Kier alpha value is -1.17. The van der Waals surface area contributed by atoms with Crippen LogP contribution in [0.2, 0.25) is 0 Å². The average molecular weight is 319 g/mol. The number of pyridine rings is 1. The quantitative estimate of drug-likeness (QED) is 0.839. The highest BCUT2D eigenvalue weighted by Gasteiger charge is 2.43. The first-order chi connectivity index (χ1) is 11.2. The molecule has 0 spiro atoms. The lowest BCUT2D eigenvalue weighted by Crippen LogP contribution is -2.62. The summed E-state index contributed by atoms with van der Waals surface area (Å²) < 4.78 is 5.57. The molecular formula is C18H29N3O2. The van der Waals surface area contributed by atoms with Gasteiger partial charge in [-0.2, -0.15) is 0 Å². The van der Waals surface area contributed by atoms with Gasteiger partial charge in [0.2, 0.25) is 5.88 Å². The molecule has 0 radical (unpaired) electrons. The molecule has 5 nitrogen and oxygen atoms in total. The van der Waals surface area contributed by atoms with E-state index in [-0.39, 0.29) is 0 Å². The highest BCUT2D eigenvalue weighted by molar-refractivity contribution is 5.25. The van der Waals surface area contributed by atoms with Crippen LogP contribution in [0.15, 0.2) is 18.3 Å². The molecule has 2 aliphatic heterocycles. The van der Waals surface area contributed by atoms with E-state index in [0.29, 0.717) is 31.6 Å². The van der Waals surface area contributed by atoms with E-state index in [4.69, 9.17) is 4.74 Å². The monoisotopic (exact) mass is 319 g/mol. The van der Waals surface area contributed by atoms with Crippen molar-refractivity contribution in [2.45, 2.75) is 57.2 Å². The SMILES string of the molecule is CCOc1ncccc1CNC[C@]1(O)CCCN2CCCC[C@@H]21. The fourth-order valence-electron chi connectivity index (χ4n) is 4.07. The van der Waals surface area contributed by atoms with Crippen LogP contribution in [0.5, 0.6) is 5.88 Å². The Morgan fingerprint density at radius 2 is 2.26 bits per heavy atom. The Labute approximate surface area is 139 Å². The first-order valence-electron chi connectivity index (χ1n) is 8.97. The third kappa shape index (κ3) is 3.84. The van der Waals surface area contributed by atoms with Crippen LogP contribution in [0.3, 0.4) is 0 Å². The Bertz CT molecular complexity index is 509. The van der Waals surface area contributed by atoms with Gasteiger partial charge in [-0.25, -0.2) is 4.98 Å². The number of aromatic nitrogens is 1. The summed E-state index contributed by atoms with van der Waals surface area (Å²) in [6.07, 6.45) is 7.37. The molecule has 0 unspecified atom stereocenters. The molecule has 3 rings (SSSR count). The van der Waals surface area contributed by atoms with E-state index < -0.39 is 5.60 Å². The average Bonchev–Trinajstić information content (AvgIpc) is 2.57. The van der Waals surface area contributed by atoms with Crippen molar-refractivity contribution in [2.24, 2.45) is 0 Å². The van der Waals surface area contributed by atoms with Crippen LogP contribution in [0.1, 0.15) is 44.6 Å². The van der Waals surface area contributed by atoms with Gasteiger partial charge >= 0.3 is 0 Å². The van der Waals surface area contributed by atoms with Crippen LogP contribution in [0, 0.1) is 0 Å². The summed E-state index contributed by atoms with van der Waals surface area (Å²) in [6.45, 7) is 6.18. The van der Waals surface area contributed by atoms with Crippen LogP contribution in [0.25, 0.3) is 0 Å². The van der Waals surface area contributed by atoms with E-state index in [2.05, 4.69) is 15.2 Å². The maximum absolute atomic E-state index is 11.2. The lowest BCUT2D eigenvalue weighted by molar-refractivity contribution is -0.0919. The second-order valence-corrected chi connectivity index (χ2v) is 6.76. The van der Waals surface area contributed by atoms with Crippen molar-refractivity contribution in [1.82, 2.24) is 15.2 Å². The minimum Gasteiger partial charge on any atom is -0.478 e. The van der Waals surface area contributed by atoms with Crippen molar-refractivity contribution in [3.8, 4) is 5.88 Å². The molecule has 0 aliphatic carbocycles. The highest BCUT2D eigenvalue weighted by atomic mass is 16.5. The summed E-state index contributed by atoms with van der Waals surface area (Å²) in [6, 6.07) is 4.28. The van der Waals surface area contributed by atoms with Gasteiger partial charge in [0, 0.05) is 30.9 Å². The van der Waals surface area contributed by atoms with Crippen molar-refractivity contribution >= 4 is 0 Å². The first-order valence-corrected chi connectivity index (χ1v) is 8.97. The van der Waals surface area contributed by atoms with Gasteiger partial charge < -0.3 is 15.2 Å². The molecule has 1 aromatic rings. The smallest absolute Gasteiger partial charge is 0.217 e. The molecule has 3 heterocycles. The van der Waals surface area contributed by atoms with Crippen molar-refractivity contribution in [2.75, 3.05) is 26.2 Å². The maximum atomic E-state index is 11.2. The van der Waals surface area contributed by atoms with Crippen LogP contribution >= 0.6 is 0 Å². The van der Waals surface area contributed by atoms with Gasteiger partial charge in [-0.1, -0.05) is 12.5 Å². The predicted octanol–water partition coefficient (Wildman–Crippen LogP) is 1.95. The molecule has 2 saturated heterocycles. The summed E-state index contributed by atoms with van der Waals surface area (Å²) in [4.78, 5) is 6.77. The first kappa shape index (κ1) is 16.7. The van der Waals surface area contributed by atoms with Crippen LogP contribution in [-0.4, -0.2) is 52.9 Å². The number of nitrogens with zero attached hydrogens (tertiary/aromatic N) is 2. The molecule has 2 aliphatic rings. The lowest BCUT2D eigenvalue weighted by Gasteiger charge is -2.49. The standard InChI is InChI=1S/C18H29N3O2/c1-2-23-17-15(7-5-10-20-17)13-19-14-18(22)9-6-12-21-11-4-3-8-16(18)21/h5,7,10,16,19,22H,2-4,6,8-9,11-14H2,1H3/t16-,18-/m1/s1. The second kappa shape index (κ2) is 7.60. The van der Waals surface area contributed by atoms with E-state index in [1.165, 1.54) is 12.8 Å². The van der Waals surface area contributed by atoms with E-state index in [1.54, 1.807) is 6.20 Å². The molecule has 23 heavy (non-hydrogen) atoms. The Kier molecular flexibility index (Phi) is 5.51. The molecule has 0 amide bonds. The normalized spacial score (nSPS) is 28.3. The van der Waals surface area contributed by atoms with E-state index in [9.17, 15) is 5.11 Å². The third-order valence-electron chi connectivity index (χ3n) is 5.17. The van der Waals surface area contributed by atoms with Crippen molar-refractivity contribution in [1.29, 1.82) is 0 Å². The zero-order chi connectivity index (χ0) is 16.1. The molecule has 0 aromatic carbocycles. The lowest BCUT2D eigenvalue weighted by atomic mass is 9.79. The van der Waals surface area contributed by atoms with Crippen molar-refractivity contribution < 1.29 is 9.84 Å². The summed E-state index contributed by atoms with van der Waals surface area (Å²) in [5.74, 6) is 0.692. The maximum Gasteiger partial charge on any atom is 0.217 e. The second-order valence-electron chi connectivity index (χ2n) is 6.76. The molecule has 1 aromatic heterocycles. The molecule has 2 atom stereocenters. The molecule has 5 heteroatoms. The number of ether oxygens (including phenoxy) is 1. The van der Waals surface area contributed by atoms with E-state index in [1.807, 2.05) is 19.1 Å². The minimum absolute atomic E-state index is 0.317. The number of hydrogen-bond donors (Lipinski definition) is 2. The van der Waals surface area contributed by atoms with Gasteiger partial charge in [0.1, 0.15) is 0 Å². The summed E-state index contributed by atoms with van der Waals surface area (Å²) in [7, 11) is 0. The van der Waals surface area contributed by atoms with Gasteiger partial charge in [0.05, 0.1) is 12.2 Å². The number of nitrogens with one attached hydrogen (secondary N) is 1. The van der Waals surface area contributed by atoms with Gasteiger partial charge in [-0.05, 0) is 51.8 Å². The van der Waals surface area contributed by atoms with Crippen molar-refractivity contribution in [3.63, 3.8) is 0 Å². The molecule has 0 bridgehead atoms. The van der Waals surface area contributed by atoms with E-state index in [0.717, 1.165) is 37.9 Å². The zero-order valence-electron chi connectivity index (χ0n) is 14.1. The predicted molar refractivity (Wildman–Crippen MR) is 90.5 cm³/mol. The Morgan fingerprint density at radius 3 is 3.13 bits per heavy atom. The van der Waals surface area contributed by atoms with Crippen LogP contribution in [0.4, 0.5) is 0 Å². The van der Waals surface area contributed by atoms with Crippen LogP contribution < -0.4 is 10.1 Å². The molecule has 2 fully saturated rings. The molecule has 0 saturated carbocycles. The van der Waals surface area contributed by atoms with Gasteiger partial charge in [-0.3, -0.25) is 4.90 Å². The number of rotatable bonds is 6. The molecule has 2 N–H and O–H groups in total. The summed E-state index contributed by atoms with van der Waals surface area (Å²) >= 11 is 0. The largest absolute Gasteiger partial charge is 0.478 e. The van der Waals surface area contributed by atoms with Crippen LogP contribution in [-0.2, 0) is 6.54 Å². The van der Waals surface area contributed by atoms with Gasteiger partial charge in [-0.15, -0.1) is 0 Å². The van der Waals surface area contributed by atoms with Crippen molar-refractivity contribution in [3.05, 3.63) is 23.9 Å². The third-order valence-corrected chi connectivity index (χ3v) is 5.17. The fraction of sp³-hybridized carbons (Fsp3) is 0.722. The summed E-state index contributed by atoms with van der Waals surface area (Å²) in [5.41, 5.74) is 0.446.